The molecule has 0 aromatic heterocycles. The Bertz CT molecular complexity index is 950. The average Bonchev–Trinajstić information content (AvgIpc) is 3.13. The predicted octanol–water partition coefficient (Wildman–Crippen LogP) is 11.0. The van der Waals surface area contributed by atoms with Crippen molar-refractivity contribution in [3.63, 3.8) is 0 Å². The first-order valence-corrected chi connectivity index (χ1v) is 22.1. The number of carbonyl (C=O) groups is 1. The molecule has 10 heteroatoms. The van der Waals surface area contributed by atoms with Crippen LogP contribution in [0.2, 0.25) is 0 Å². The average molecular weight is 757 g/mol. The number of carbonyl (C=O) groups excluding carboxylic acids is 1. The van der Waals surface area contributed by atoms with Gasteiger partial charge in [0.1, 0.15) is 12.2 Å². The number of hydrogen-bond donors (Lipinski definition) is 3. The molecule has 9 nitrogen and oxygen atoms in total. The lowest BCUT2D eigenvalue weighted by molar-refractivity contribution is -0.154. The van der Waals surface area contributed by atoms with Crippen molar-refractivity contribution < 1.29 is 43.0 Å². The number of allylic oxidation sites excluding steroid dienone is 8. The minimum atomic E-state index is -4.51. The number of esters is 1. The predicted molar refractivity (Wildman–Crippen MR) is 214 cm³/mol. The maximum absolute atomic E-state index is 12.5. The lowest BCUT2D eigenvalue weighted by Gasteiger charge is -2.20. The summed E-state index contributed by atoms with van der Waals surface area (Å²) in [4.78, 5) is 22.5. The van der Waals surface area contributed by atoms with Gasteiger partial charge < -0.3 is 24.6 Å². The zero-order valence-corrected chi connectivity index (χ0v) is 33.9. The zero-order valence-electron chi connectivity index (χ0n) is 33.0. The molecule has 0 saturated carbocycles. The van der Waals surface area contributed by atoms with E-state index >= 15 is 0 Å². The van der Waals surface area contributed by atoms with Crippen molar-refractivity contribution in [1.29, 1.82) is 0 Å². The molecule has 52 heavy (non-hydrogen) atoms. The van der Waals surface area contributed by atoms with Gasteiger partial charge in [-0.3, -0.25) is 13.8 Å². The van der Waals surface area contributed by atoms with Gasteiger partial charge in [-0.25, -0.2) is 4.57 Å². The van der Waals surface area contributed by atoms with Gasteiger partial charge in [0, 0.05) is 13.0 Å². The van der Waals surface area contributed by atoms with E-state index in [0.29, 0.717) is 6.61 Å². The minimum Gasteiger partial charge on any atom is -0.457 e. The van der Waals surface area contributed by atoms with E-state index in [0.717, 1.165) is 70.6 Å². The monoisotopic (exact) mass is 757 g/mol. The van der Waals surface area contributed by atoms with Gasteiger partial charge in [0.15, 0.2) is 0 Å². The van der Waals surface area contributed by atoms with Crippen LogP contribution in [-0.4, -0.2) is 66.3 Å². The van der Waals surface area contributed by atoms with Crippen molar-refractivity contribution in [3.05, 3.63) is 48.6 Å². The zero-order chi connectivity index (χ0) is 38.2. The van der Waals surface area contributed by atoms with E-state index in [1.54, 1.807) is 0 Å². The van der Waals surface area contributed by atoms with Crippen molar-refractivity contribution in [2.24, 2.45) is 0 Å². The molecular formula is C42H77O9P. The van der Waals surface area contributed by atoms with Gasteiger partial charge in [0.05, 0.1) is 26.4 Å². The fraction of sp³-hybridized carbons (Fsp3) is 0.786. The number of rotatable bonds is 39. The molecule has 0 aliphatic carbocycles. The summed E-state index contributed by atoms with van der Waals surface area (Å²) in [5, 5.41) is 18.3. The fourth-order valence-electron chi connectivity index (χ4n) is 5.40. The fourth-order valence-corrected chi connectivity index (χ4v) is 6.19. The summed E-state index contributed by atoms with van der Waals surface area (Å²) < 4.78 is 33.3. The summed E-state index contributed by atoms with van der Waals surface area (Å²) in [5.74, 6) is -0.389. The molecule has 3 N–H and O–H groups in total. The van der Waals surface area contributed by atoms with E-state index in [-0.39, 0.29) is 25.6 Å². The maximum Gasteiger partial charge on any atom is 0.472 e. The summed E-state index contributed by atoms with van der Waals surface area (Å²) in [6.07, 6.45) is 42.1. The van der Waals surface area contributed by atoms with Crippen LogP contribution in [0.1, 0.15) is 168 Å². The number of hydrogen-bond acceptors (Lipinski definition) is 8. The molecule has 0 spiro atoms. The molecule has 0 rings (SSSR count). The lowest BCUT2D eigenvalue weighted by Crippen LogP contribution is -2.29. The first-order chi connectivity index (χ1) is 25.3. The standard InChI is InChI=1S/C42H77O9P/c1-3-5-7-9-11-13-15-16-17-18-19-20-21-22-23-25-27-29-31-33-35-48-38-41(39-50-52(46,47)49-37-40(44)36-43)51-42(45)34-32-30-28-26-24-14-12-10-8-6-4-2/h5,7,11,13,16-17,19-20,40-41,43-44H,3-4,6,8-10,12,14-15,18,21-39H2,1-2H3,(H,46,47)/b7-5-,13-11-,17-16-,20-19-. The molecule has 0 aliphatic heterocycles. The second kappa shape index (κ2) is 39.1. The summed E-state index contributed by atoms with van der Waals surface area (Å²) >= 11 is 0. The smallest absolute Gasteiger partial charge is 0.457 e. The highest BCUT2D eigenvalue weighted by Crippen LogP contribution is 2.43. The molecule has 304 valence electrons. The SMILES string of the molecule is CC/C=C\C/C=C\C/C=C\C/C=C\CCCCCCCCCOCC(COP(=O)(O)OCC(O)CO)OC(=O)CCCCCCCCCCCCC. The third-order valence-electron chi connectivity index (χ3n) is 8.53. The van der Waals surface area contributed by atoms with Gasteiger partial charge in [0.25, 0.3) is 0 Å². The Hall–Kier alpha value is -1.58. The highest BCUT2D eigenvalue weighted by atomic mass is 31.2. The Labute approximate surface area is 317 Å². The van der Waals surface area contributed by atoms with Gasteiger partial charge in [-0.15, -0.1) is 0 Å². The molecule has 3 atom stereocenters. The molecule has 3 unspecified atom stereocenters. The quantitative estimate of drug-likeness (QED) is 0.0243. The lowest BCUT2D eigenvalue weighted by atomic mass is 10.1. The van der Waals surface area contributed by atoms with E-state index in [9.17, 15) is 19.4 Å². The molecule has 0 aromatic rings. The van der Waals surface area contributed by atoms with Crippen molar-refractivity contribution in [2.45, 2.75) is 180 Å². The second-order valence-corrected chi connectivity index (χ2v) is 15.1. The number of aliphatic hydroxyl groups excluding tert-OH is 2. The normalized spacial score (nSPS) is 14.6. The van der Waals surface area contributed by atoms with Crippen LogP contribution in [0.25, 0.3) is 0 Å². The van der Waals surface area contributed by atoms with Crippen LogP contribution in [0.5, 0.6) is 0 Å². The van der Waals surface area contributed by atoms with E-state index in [4.69, 9.17) is 23.6 Å². The van der Waals surface area contributed by atoms with E-state index < -0.39 is 33.2 Å². The highest BCUT2D eigenvalue weighted by Gasteiger charge is 2.26. The van der Waals surface area contributed by atoms with Gasteiger partial charge in [-0.1, -0.05) is 159 Å². The van der Waals surface area contributed by atoms with Crippen LogP contribution in [0.15, 0.2) is 48.6 Å². The van der Waals surface area contributed by atoms with Crippen LogP contribution < -0.4 is 0 Å². The summed E-state index contributed by atoms with van der Waals surface area (Å²) in [6, 6.07) is 0. The molecule has 0 fully saturated rings. The Kier molecular flexibility index (Phi) is 37.9. The maximum atomic E-state index is 12.5. The van der Waals surface area contributed by atoms with Crippen molar-refractivity contribution in [3.8, 4) is 0 Å². The largest absolute Gasteiger partial charge is 0.472 e. The number of unbranched alkanes of at least 4 members (excludes halogenated alkanes) is 17. The van der Waals surface area contributed by atoms with Crippen LogP contribution in [0.3, 0.4) is 0 Å². The highest BCUT2D eigenvalue weighted by molar-refractivity contribution is 7.47. The van der Waals surface area contributed by atoms with E-state index in [1.165, 1.54) is 77.0 Å². The number of phosphoric ester groups is 1. The molecule has 0 aliphatic rings. The number of aliphatic hydroxyl groups is 2. The third kappa shape index (κ3) is 38.2. The van der Waals surface area contributed by atoms with Crippen LogP contribution in [-0.2, 0) is 27.9 Å². The minimum absolute atomic E-state index is 0.0422. The Morgan fingerprint density at radius 3 is 1.65 bits per heavy atom. The molecule has 0 heterocycles. The van der Waals surface area contributed by atoms with Crippen molar-refractivity contribution in [1.82, 2.24) is 0 Å². The van der Waals surface area contributed by atoms with E-state index in [1.807, 2.05) is 0 Å². The molecule has 0 aromatic carbocycles. The molecule has 0 bridgehead atoms. The van der Waals surface area contributed by atoms with Gasteiger partial charge in [-0.2, -0.15) is 0 Å². The Morgan fingerprint density at radius 2 is 1.10 bits per heavy atom. The van der Waals surface area contributed by atoms with Gasteiger partial charge >= 0.3 is 13.8 Å². The first-order valence-electron chi connectivity index (χ1n) is 20.6. The second-order valence-electron chi connectivity index (χ2n) is 13.6. The topological polar surface area (TPSA) is 132 Å². The van der Waals surface area contributed by atoms with Crippen molar-refractivity contribution in [2.75, 3.05) is 33.0 Å². The molecule has 0 radical (unpaired) electrons. The molecular weight excluding hydrogens is 679 g/mol. The van der Waals surface area contributed by atoms with Crippen LogP contribution in [0.4, 0.5) is 0 Å². The van der Waals surface area contributed by atoms with Gasteiger partial charge in [0.2, 0.25) is 0 Å². The Balaban J connectivity index is 4.17. The Morgan fingerprint density at radius 1 is 0.615 bits per heavy atom. The first kappa shape index (κ1) is 50.4. The van der Waals surface area contributed by atoms with Gasteiger partial charge in [-0.05, 0) is 51.4 Å². The van der Waals surface area contributed by atoms with Crippen LogP contribution in [0, 0.1) is 0 Å². The summed E-state index contributed by atoms with van der Waals surface area (Å²) in [7, 11) is -4.51. The van der Waals surface area contributed by atoms with E-state index in [2.05, 4.69) is 62.5 Å². The summed E-state index contributed by atoms with van der Waals surface area (Å²) in [6.45, 7) is 3.37. The number of phosphoric acid groups is 1. The number of ether oxygens (including phenoxy) is 2. The third-order valence-corrected chi connectivity index (χ3v) is 9.48. The molecule has 0 amide bonds. The van der Waals surface area contributed by atoms with Crippen molar-refractivity contribution >= 4 is 13.8 Å². The van der Waals surface area contributed by atoms with Crippen LogP contribution >= 0.6 is 7.82 Å². The molecule has 0 saturated heterocycles. The summed E-state index contributed by atoms with van der Waals surface area (Å²) in [5.41, 5.74) is 0.